The summed E-state index contributed by atoms with van der Waals surface area (Å²) in [6.45, 7) is 3.10. The van der Waals surface area contributed by atoms with Gasteiger partial charge >= 0.3 is 0 Å². The Kier molecular flexibility index (Phi) is 5.22. The maximum absolute atomic E-state index is 13.4. The zero-order valence-electron chi connectivity index (χ0n) is 16.9. The number of anilines is 1. The molecule has 0 bridgehead atoms. The number of hydrogen-bond acceptors (Lipinski definition) is 5. The first-order chi connectivity index (χ1) is 15.2. The van der Waals surface area contributed by atoms with E-state index in [4.69, 9.17) is 14.5 Å². The number of amidine groups is 1. The first kappa shape index (κ1) is 19.5. The largest absolute Gasteiger partial charge is 0.486 e. The molecule has 2 aliphatic rings. The molecule has 0 atom stereocenters. The van der Waals surface area contributed by atoms with Crippen molar-refractivity contribution >= 4 is 40.3 Å². The van der Waals surface area contributed by atoms with Gasteiger partial charge in [-0.25, -0.2) is 4.99 Å². The van der Waals surface area contributed by atoms with Gasteiger partial charge < -0.3 is 9.47 Å². The van der Waals surface area contributed by atoms with Crippen molar-refractivity contribution in [2.45, 2.75) is 6.92 Å². The van der Waals surface area contributed by atoms with Crippen LogP contribution in [-0.2, 0) is 4.79 Å². The van der Waals surface area contributed by atoms with Gasteiger partial charge in [0, 0.05) is 0 Å². The molecule has 6 heteroatoms. The van der Waals surface area contributed by atoms with Crippen LogP contribution in [0, 0.1) is 6.92 Å². The van der Waals surface area contributed by atoms with Crippen molar-refractivity contribution in [3.8, 4) is 11.5 Å². The smallest absolute Gasteiger partial charge is 0.271 e. The normalized spacial score (nSPS) is 18.1. The summed E-state index contributed by atoms with van der Waals surface area (Å²) in [6, 6.07) is 23.3. The lowest BCUT2D eigenvalue weighted by Crippen LogP contribution is -2.28. The highest BCUT2D eigenvalue weighted by atomic mass is 32.2. The second kappa shape index (κ2) is 8.32. The van der Waals surface area contributed by atoms with Gasteiger partial charge in [-0.1, -0.05) is 42.0 Å². The highest BCUT2D eigenvalue weighted by Crippen LogP contribution is 2.38. The molecule has 1 amide bonds. The van der Waals surface area contributed by atoms with Crippen molar-refractivity contribution in [2.24, 2.45) is 4.99 Å². The number of aliphatic imine (C=N–C) groups is 1. The molecule has 0 N–H and O–H groups in total. The Hall–Kier alpha value is -3.51. The third-order valence-electron chi connectivity index (χ3n) is 4.94. The number of carbonyl (C=O) groups excluding carboxylic acids is 1. The van der Waals surface area contributed by atoms with E-state index < -0.39 is 0 Å². The summed E-state index contributed by atoms with van der Waals surface area (Å²) in [5.41, 5.74) is 3.61. The summed E-state index contributed by atoms with van der Waals surface area (Å²) in [6.07, 6.45) is 1.87. The van der Waals surface area contributed by atoms with Gasteiger partial charge in [-0.3, -0.25) is 9.69 Å². The second-order valence-electron chi connectivity index (χ2n) is 7.22. The van der Waals surface area contributed by atoms with Crippen LogP contribution in [0.3, 0.4) is 0 Å². The van der Waals surface area contributed by atoms with Crippen LogP contribution >= 0.6 is 11.8 Å². The first-order valence-corrected chi connectivity index (χ1v) is 10.8. The average Bonchev–Trinajstić information content (AvgIpc) is 3.09. The topological polar surface area (TPSA) is 51.1 Å². The van der Waals surface area contributed by atoms with E-state index in [9.17, 15) is 4.79 Å². The summed E-state index contributed by atoms with van der Waals surface area (Å²) >= 11 is 1.37. The van der Waals surface area contributed by atoms with E-state index >= 15 is 0 Å². The summed E-state index contributed by atoms with van der Waals surface area (Å²) in [5, 5.41) is 0.629. The Morgan fingerprint density at radius 2 is 1.68 bits per heavy atom. The molecule has 0 aliphatic carbocycles. The van der Waals surface area contributed by atoms with Crippen LogP contribution in [0.1, 0.15) is 11.1 Å². The molecule has 5 rings (SSSR count). The van der Waals surface area contributed by atoms with Gasteiger partial charge in [-0.15, -0.1) is 0 Å². The van der Waals surface area contributed by atoms with Gasteiger partial charge in [0.1, 0.15) is 13.2 Å². The maximum Gasteiger partial charge on any atom is 0.271 e. The van der Waals surface area contributed by atoms with Crippen LogP contribution in [0.25, 0.3) is 6.08 Å². The Morgan fingerprint density at radius 1 is 0.935 bits per heavy atom. The predicted octanol–water partition coefficient (Wildman–Crippen LogP) is 5.57. The highest BCUT2D eigenvalue weighted by molar-refractivity contribution is 8.19. The van der Waals surface area contributed by atoms with E-state index in [1.165, 1.54) is 11.8 Å². The SMILES string of the molecule is Cc1ccc(N2C(=O)/C(=C/c3ccc4c(c3)OCCO4)S/C2=N\c2ccccc2)cc1. The number of fused-ring (bicyclic) bond motifs is 1. The summed E-state index contributed by atoms with van der Waals surface area (Å²) < 4.78 is 11.3. The molecule has 5 nitrogen and oxygen atoms in total. The number of hydrogen-bond donors (Lipinski definition) is 0. The van der Waals surface area contributed by atoms with Crippen LogP contribution < -0.4 is 14.4 Å². The van der Waals surface area contributed by atoms with E-state index in [-0.39, 0.29) is 5.91 Å². The van der Waals surface area contributed by atoms with Crippen LogP contribution in [-0.4, -0.2) is 24.3 Å². The molecule has 3 aromatic carbocycles. The predicted molar refractivity (Wildman–Crippen MR) is 125 cm³/mol. The third kappa shape index (κ3) is 4.07. The number of para-hydroxylation sites is 1. The lowest BCUT2D eigenvalue weighted by Gasteiger charge is -2.18. The van der Waals surface area contributed by atoms with Crippen LogP contribution in [0.2, 0.25) is 0 Å². The Morgan fingerprint density at radius 3 is 2.45 bits per heavy atom. The number of carbonyl (C=O) groups is 1. The summed E-state index contributed by atoms with van der Waals surface area (Å²) in [5.74, 6) is 1.33. The van der Waals surface area contributed by atoms with Crippen LogP contribution in [0.5, 0.6) is 11.5 Å². The minimum absolute atomic E-state index is 0.0987. The van der Waals surface area contributed by atoms with E-state index in [1.54, 1.807) is 4.90 Å². The fourth-order valence-electron chi connectivity index (χ4n) is 3.38. The van der Waals surface area contributed by atoms with Gasteiger partial charge in [0.05, 0.1) is 16.3 Å². The molecule has 2 heterocycles. The average molecular weight is 429 g/mol. The molecule has 31 heavy (non-hydrogen) atoms. The Balaban J connectivity index is 1.53. The minimum Gasteiger partial charge on any atom is -0.486 e. The van der Waals surface area contributed by atoms with Crippen molar-refractivity contribution in [1.82, 2.24) is 0 Å². The molecule has 2 aliphatic heterocycles. The molecular formula is C25H20N2O3S. The number of thioether (sulfide) groups is 1. The number of ether oxygens (including phenoxy) is 2. The maximum atomic E-state index is 13.4. The Labute approximate surface area is 185 Å². The summed E-state index contributed by atoms with van der Waals surface area (Å²) in [4.78, 5) is 20.4. The number of benzene rings is 3. The monoisotopic (exact) mass is 428 g/mol. The van der Waals surface area contributed by atoms with Crippen LogP contribution in [0.4, 0.5) is 11.4 Å². The van der Waals surface area contributed by atoms with E-state index in [1.807, 2.05) is 85.8 Å². The molecule has 0 saturated carbocycles. The zero-order valence-corrected chi connectivity index (χ0v) is 17.8. The van der Waals surface area contributed by atoms with E-state index in [0.29, 0.717) is 29.0 Å². The number of rotatable bonds is 3. The standard InChI is InChI=1S/C25H20N2O3S/c1-17-7-10-20(11-8-17)27-24(28)23(31-25(27)26-19-5-3-2-4-6-19)16-18-9-12-21-22(15-18)30-14-13-29-21/h2-12,15-16H,13-14H2,1H3/b23-16-,26-25-. The highest BCUT2D eigenvalue weighted by Gasteiger charge is 2.34. The van der Waals surface area contributed by atoms with Gasteiger partial charge in [-0.05, 0) is 66.7 Å². The molecular weight excluding hydrogens is 408 g/mol. The zero-order chi connectivity index (χ0) is 21.2. The quantitative estimate of drug-likeness (QED) is 0.512. The van der Waals surface area contributed by atoms with Gasteiger partial charge in [0.25, 0.3) is 5.91 Å². The third-order valence-corrected chi connectivity index (χ3v) is 5.91. The molecule has 0 spiro atoms. The van der Waals surface area contributed by atoms with E-state index in [2.05, 4.69) is 0 Å². The number of aryl methyl sites for hydroxylation is 1. The lowest BCUT2D eigenvalue weighted by molar-refractivity contribution is -0.113. The van der Waals surface area contributed by atoms with Crippen molar-refractivity contribution < 1.29 is 14.3 Å². The van der Waals surface area contributed by atoms with Gasteiger partial charge in [0.2, 0.25) is 0 Å². The molecule has 0 unspecified atom stereocenters. The molecule has 1 saturated heterocycles. The van der Waals surface area contributed by atoms with E-state index in [0.717, 1.165) is 28.3 Å². The fourth-order valence-corrected chi connectivity index (χ4v) is 4.39. The van der Waals surface area contributed by atoms with Crippen molar-refractivity contribution in [2.75, 3.05) is 18.1 Å². The molecule has 3 aromatic rings. The van der Waals surface area contributed by atoms with Crippen molar-refractivity contribution in [3.05, 3.63) is 88.8 Å². The number of nitrogens with zero attached hydrogens (tertiary/aromatic N) is 2. The number of amides is 1. The lowest BCUT2D eigenvalue weighted by atomic mass is 10.1. The molecule has 154 valence electrons. The van der Waals surface area contributed by atoms with Crippen molar-refractivity contribution in [1.29, 1.82) is 0 Å². The second-order valence-corrected chi connectivity index (χ2v) is 8.23. The molecule has 1 fully saturated rings. The first-order valence-electron chi connectivity index (χ1n) is 10.0. The van der Waals surface area contributed by atoms with Crippen molar-refractivity contribution in [3.63, 3.8) is 0 Å². The van der Waals surface area contributed by atoms with Gasteiger partial charge in [-0.2, -0.15) is 0 Å². The fraction of sp³-hybridized carbons (Fsp3) is 0.120. The Bertz CT molecular complexity index is 1190. The molecule has 0 aromatic heterocycles. The summed E-state index contributed by atoms with van der Waals surface area (Å²) in [7, 11) is 0. The van der Waals surface area contributed by atoms with Crippen LogP contribution in [0.15, 0.2) is 82.7 Å². The minimum atomic E-state index is -0.0987. The molecule has 0 radical (unpaired) electrons. The van der Waals surface area contributed by atoms with Gasteiger partial charge in [0.15, 0.2) is 16.7 Å².